The van der Waals surface area contributed by atoms with E-state index < -0.39 is 11.6 Å². The SMILES string of the molecule is COC(=O)C1(CCCCl)C[C@H](O)CN1.Cl. The summed E-state index contributed by atoms with van der Waals surface area (Å²) in [5.74, 6) is 0.204. The maximum Gasteiger partial charge on any atom is 0.326 e. The molecule has 4 nitrogen and oxygen atoms in total. The fourth-order valence-corrected chi connectivity index (χ4v) is 2.01. The van der Waals surface area contributed by atoms with Crippen molar-refractivity contribution in [3.63, 3.8) is 0 Å². The number of carbonyl (C=O) groups is 1. The van der Waals surface area contributed by atoms with Gasteiger partial charge >= 0.3 is 5.97 Å². The van der Waals surface area contributed by atoms with Gasteiger partial charge in [0, 0.05) is 18.8 Å². The third-order valence-corrected chi connectivity index (χ3v) is 2.84. The van der Waals surface area contributed by atoms with Crippen LogP contribution in [0.4, 0.5) is 0 Å². The first-order valence-electron chi connectivity index (χ1n) is 4.72. The van der Waals surface area contributed by atoms with Crippen LogP contribution in [-0.4, -0.2) is 42.3 Å². The summed E-state index contributed by atoms with van der Waals surface area (Å²) >= 11 is 5.58. The van der Waals surface area contributed by atoms with Crippen LogP contribution < -0.4 is 5.32 Å². The Morgan fingerprint density at radius 1 is 1.73 bits per heavy atom. The molecule has 0 bridgehead atoms. The molecule has 0 aliphatic carbocycles. The van der Waals surface area contributed by atoms with Crippen molar-refractivity contribution in [1.29, 1.82) is 0 Å². The van der Waals surface area contributed by atoms with Crippen LogP contribution >= 0.6 is 24.0 Å². The van der Waals surface area contributed by atoms with Crippen LogP contribution in [0, 0.1) is 0 Å². The van der Waals surface area contributed by atoms with Gasteiger partial charge < -0.3 is 9.84 Å². The lowest BCUT2D eigenvalue weighted by Gasteiger charge is -2.25. The van der Waals surface area contributed by atoms with Gasteiger partial charge in [0.05, 0.1) is 13.2 Å². The average molecular weight is 258 g/mol. The standard InChI is InChI=1S/C9H16ClNO3.ClH/c1-14-8(13)9(3-2-4-10)5-7(12)6-11-9;/h7,11-12H,2-6H2,1H3;1H/t7-,9?;/m0./s1. The summed E-state index contributed by atoms with van der Waals surface area (Å²) in [6.45, 7) is 0.442. The molecule has 1 saturated heterocycles. The molecular formula is C9H17Cl2NO3. The van der Waals surface area contributed by atoms with E-state index in [2.05, 4.69) is 5.32 Å². The molecule has 2 atom stereocenters. The Labute approximate surface area is 101 Å². The number of esters is 1. The van der Waals surface area contributed by atoms with Crippen molar-refractivity contribution in [2.24, 2.45) is 0 Å². The molecule has 0 amide bonds. The van der Waals surface area contributed by atoms with E-state index in [1.807, 2.05) is 0 Å². The number of aliphatic hydroxyl groups excluding tert-OH is 1. The molecule has 0 saturated carbocycles. The highest BCUT2D eigenvalue weighted by molar-refractivity contribution is 6.17. The van der Waals surface area contributed by atoms with E-state index in [-0.39, 0.29) is 18.4 Å². The Morgan fingerprint density at radius 3 is 2.80 bits per heavy atom. The normalized spacial score (nSPS) is 29.7. The molecule has 1 rings (SSSR count). The number of alkyl halides is 1. The number of ether oxygens (including phenoxy) is 1. The zero-order valence-corrected chi connectivity index (χ0v) is 10.2. The Morgan fingerprint density at radius 2 is 2.40 bits per heavy atom. The largest absolute Gasteiger partial charge is 0.468 e. The van der Waals surface area contributed by atoms with E-state index in [4.69, 9.17) is 16.3 Å². The van der Waals surface area contributed by atoms with Crippen molar-refractivity contribution in [2.45, 2.75) is 30.9 Å². The molecule has 1 unspecified atom stereocenters. The van der Waals surface area contributed by atoms with E-state index >= 15 is 0 Å². The molecule has 1 aliphatic rings. The summed E-state index contributed by atoms with van der Waals surface area (Å²) in [7, 11) is 1.36. The molecule has 0 spiro atoms. The van der Waals surface area contributed by atoms with Gasteiger partial charge in [0.2, 0.25) is 0 Å². The number of hydrogen-bond donors (Lipinski definition) is 2. The molecule has 0 aromatic heterocycles. The minimum absolute atomic E-state index is 0. The second kappa shape index (κ2) is 6.53. The van der Waals surface area contributed by atoms with E-state index in [0.717, 1.165) is 6.42 Å². The van der Waals surface area contributed by atoms with Gasteiger partial charge in [-0.2, -0.15) is 0 Å². The molecule has 90 valence electrons. The van der Waals surface area contributed by atoms with Gasteiger partial charge in [-0.1, -0.05) is 0 Å². The summed E-state index contributed by atoms with van der Waals surface area (Å²) in [4.78, 5) is 11.5. The number of methoxy groups -OCH3 is 1. The summed E-state index contributed by atoms with van der Waals surface area (Å²) in [6.07, 6.45) is 1.29. The Hall–Kier alpha value is -0.0300. The fraction of sp³-hybridized carbons (Fsp3) is 0.889. The molecular weight excluding hydrogens is 241 g/mol. The van der Waals surface area contributed by atoms with Gasteiger partial charge in [0.1, 0.15) is 5.54 Å². The Bertz CT molecular complexity index is 216. The second-order valence-corrected chi connectivity index (χ2v) is 3.98. The molecule has 0 aromatic rings. The third kappa shape index (κ3) is 3.48. The summed E-state index contributed by atoms with van der Waals surface area (Å²) in [5, 5.41) is 12.4. The minimum Gasteiger partial charge on any atom is -0.468 e. The Kier molecular flexibility index (Phi) is 6.52. The quantitative estimate of drug-likeness (QED) is 0.575. The highest BCUT2D eigenvalue weighted by atomic mass is 35.5. The van der Waals surface area contributed by atoms with Gasteiger partial charge in [0.15, 0.2) is 0 Å². The number of rotatable bonds is 4. The van der Waals surface area contributed by atoms with Crippen LogP contribution in [0.1, 0.15) is 19.3 Å². The second-order valence-electron chi connectivity index (χ2n) is 3.61. The first-order valence-corrected chi connectivity index (χ1v) is 5.25. The van der Waals surface area contributed by atoms with Gasteiger partial charge in [0.25, 0.3) is 0 Å². The van der Waals surface area contributed by atoms with Crippen LogP contribution in [0.2, 0.25) is 0 Å². The molecule has 6 heteroatoms. The zero-order chi connectivity index (χ0) is 10.6. The van der Waals surface area contributed by atoms with Gasteiger partial charge in [-0.15, -0.1) is 24.0 Å². The number of aliphatic hydroxyl groups is 1. The lowest BCUT2D eigenvalue weighted by molar-refractivity contribution is -0.148. The van der Waals surface area contributed by atoms with Crippen molar-refractivity contribution < 1.29 is 14.6 Å². The van der Waals surface area contributed by atoms with Crippen LogP contribution in [0.5, 0.6) is 0 Å². The number of nitrogens with one attached hydrogen (secondary N) is 1. The smallest absolute Gasteiger partial charge is 0.326 e. The minimum atomic E-state index is -0.719. The van der Waals surface area contributed by atoms with Crippen molar-refractivity contribution in [3.05, 3.63) is 0 Å². The van der Waals surface area contributed by atoms with Gasteiger partial charge in [-0.25, -0.2) is 0 Å². The monoisotopic (exact) mass is 257 g/mol. The first-order chi connectivity index (χ1) is 6.64. The van der Waals surface area contributed by atoms with E-state index in [1.165, 1.54) is 7.11 Å². The molecule has 1 heterocycles. The molecule has 0 aromatic carbocycles. The number of halogens is 2. The Balaban J connectivity index is 0.00000196. The maximum absolute atomic E-state index is 11.5. The van der Waals surface area contributed by atoms with Crippen molar-refractivity contribution in [2.75, 3.05) is 19.5 Å². The summed E-state index contributed by atoms with van der Waals surface area (Å²) in [6, 6.07) is 0. The zero-order valence-electron chi connectivity index (χ0n) is 8.66. The number of β-amino-alcohol motifs (C(OH)–C–C–N with tert-alkyl or cyclic N) is 1. The predicted molar refractivity (Wildman–Crippen MR) is 60.6 cm³/mol. The third-order valence-electron chi connectivity index (χ3n) is 2.57. The topological polar surface area (TPSA) is 58.6 Å². The fourth-order valence-electron chi connectivity index (χ4n) is 1.87. The van der Waals surface area contributed by atoms with Crippen LogP contribution in [0.25, 0.3) is 0 Å². The summed E-state index contributed by atoms with van der Waals surface area (Å²) in [5.41, 5.74) is -0.719. The maximum atomic E-state index is 11.5. The van der Waals surface area contributed by atoms with Crippen molar-refractivity contribution in [3.8, 4) is 0 Å². The number of hydrogen-bond acceptors (Lipinski definition) is 4. The predicted octanol–water partition coefficient (Wildman–Crippen LogP) is 0.693. The highest BCUT2D eigenvalue weighted by Crippen LogP contribution is 2.26. The van der Waals surface area contributed by atoms with Crippen LogP contribution in [0.3, 0.4) is 0 Å². The molecule has 1 aliphatic heterocycles. The molecule has 2 N–H and O–H groups in total. The van der Waals surface area contributed by atoms with Gasteiger partial charge in [-0.3, -0.25) is 10.1 Å². The molecule has 1 fully saturated rings. The van der Waals surface area contributed by atoms with E-state index in [9.17, 15) is 9.90 Å². The van der Waals surface area contributed by atoms with Gasteiger partial charge in [-0.05, 0) is 12.8 Å². The van der Waals surface area contributed by atoms with E-state index in [0.29, 0.717) is 25.3 Å². The van der Waals surface area contributed by atoms with Crippen LogP contribution in [-0.2, 0) is 9.53 Å². The van der Waals surface area contributed by atoms with E-state index in [1.54, 1.807) is 0 Å². The molecule has 0 radical (unpaired) electrons. The lowest BCUT2D eigenvalue weighted by Crippen LogP contribution is -2.48. The molecule has 15 heavy (non-hydrogen) atoms. The number of carbonyl (C=O) groups excluding carboxylic acids is 1. The van der Waals surface area contributed by atoms with Crippen LogP contribution in [0.15, 0.2) is 0 Å². The first kappa shape index (κ1) is 15.0. The summed E-state index contributed by atoms with van der Waals surface area (Å²) < 4.78 is 4.73. The highest BCUT2D eigenvalue weighted by Gasteiger charge is 2.44. The average Bonchev–Trinajstić information content (AvgIpc) is 2.57. The lowest BCUT2D eigenvalue weighted by atomic mass is 9.91. The van der Waals surface area contributed by atoms with Crippen molar-refractivity contribution >= 4 is 30.0 Å². The van der Waals surface area contributed by atoms with Crippen molar-refractivity contribution in [1.82, 2.24) is 5.32 Å².